The summed E-state index contributed by atoms with van der Waals surface area (Å²) in [4.78, 5) is 23.4. The van der Waals surface area contributed by atoms with Crippen LogP contribution in [0.4, 0.5) is 0 Å². The van der Waals surface area contributed by atoms with Crippen LogP contribution in [0.25, 0.3) is 0 Å². The third-order valence-corrected chi connectivity index (χ3v) is 3.91. The van der Waals surface area contributed by atoms with Crippen molar-refractivity contribution in [1.29, 1.82) is 0 Å². The fourth-order valence-electron chi connectivity index (χ4n) is 2.47. The van der Waals surface area contributed by atoms with Gasteiger partial charge in [0.05, 0.1) is 10.9 Å². The minimum atomic E-state index is -0.908. The molecule has 1 atom stereocenters. The number of aliphatic carboxylic acids is 1. The van der Waals surface area contributed by atoms with Gasteiger partial charge >= 0.3 is 5.97 Å². The van der Waals surface area contributed by atoms with Gasteiger partial charge in [-0.3, -0.25) is 14.3 Å². The predicted octanol–water partition coefficient (Wildman–Crippen LogP) is 0.931. The van der Waals surface area contributed by atoms with Crippen LogP contribution in [0, 0.1) is 11.8 Å². The summed E-state index contributed by atoms with van der Waals surface area (Å²) in [6.07, 6.45) is 2.90. The maximum absolute atomic E-state index is 12.0. The quantitative estimate of drug-likeness (QED) is 0.843. The molecule has 8 heteroatoms. The van der Waals surface area contributed by atoms with Gasteiger partial charge in [0.25, 0.3) is 5.91 Å². The maximum Gasteiger partial charge on any atom is 0.308 e. The van der Waals surface area contributed by atoms with Gasteiger partial charge in [0.15, 0.2) is 5.69 Å². The van der Waals surface area contributed by atoms with Crippen molar-refractivity contribution in [2.75, 3.05) is 19.8 Å². The average Bonchev–Trinajstić information content (AvgIpc) is 2.78. The van der Waals surface area contributed by atoms with Crippen LogP contribution in [0.5, 0.6) is 0 Å². The highest BCUT2D eigenvalue weighted by molar-refractivity contribution is 6.33. The normalized spacial score (nSPS) is 17.4. The van der Waals surface area contributed by atoms with Gasteiger partial charge in [-0.05, 0) is 18.8 Å². The highest BCUT2D eigenvalue weighted by Gasteiger charge is 2.30. The Balaban J connectivity index is 1.96. The molecule has 1 unspecified atom stereocenters. The molecular formula is C13H18ClN3O4. The lowest BCUT2D eigenvalue weighted by Crippen LogP contribution is -2.39. The highest BCUT2D eigenvalue weighted by Crippen LogP contribution is 2.24. The van der Waals surface area contributed by atoms with E-state index in [4.69, 9.17) is 16.3 Å². The summed E-state index contributed by atoms with van der Waals surface area (Å²) in [5.41, 5.74) is 0.107. The molecule has 1 aliphatic heterocycles. The molecule has 7 nitrogen and oxygen atoms in total. The van der Waals surface area contributed by atoms with Gasteiger partial charge in [-0.2, -0.15) is 5.10 Å². The van der Waals surface area contributed by atoms with Crippen LogP contribution in [-0.2, 0) is 16.6 Å². The second-order valence-corrected chi connectivity index (χ2v) is 5.51. The first-order chi connectivity index (χ1) is 9.99. The predicted molar refractivity (Wildman–Crippen MR) is 75.2 cm³/mol. The van der Waals surface area contributed by atoms with E-state index in [1.54, 1.807) is 7.05 Å². The van der Waals surface area contributed by atoms with E-state index in [1.165, 1.54) is 10.9 Å². The fraction of sp³-hybridized carbons (Fsp3) is 0.615. The Morgan fingerprint density at radius 1 is 1.57 bits per heavy atom. The highest BCUT2D eigenvalue weighted by atomic mass is 35.5. The van der Waals surface area contributed by atoms with E-state index < -0.39 is 17.8 Å². The van der Waals surface area contributed by atoms with E-state index >= 15 is 0 Å². The third kappa shape index (κ3) is 3.95. The van der Waals surface area contributed by atoms with Crippen LogP contribution in [0.3, 0.4) is 0 Å². The van der Waals surface area contributed by atoms with Gasteiger partial charge in [0, 0.05) is 33.0 Å². The van der Waals surface area contributed by atoms with Crippen molar-refractivity contribution in [3.63, 3.8) is 0 Å². The molecule has 1 amide bonds. The zero-order chi connectivity index (χ0) is 15.4. The van der Waals surface area contributed by atoms with Crippen LogP contribution in [0.1, 0.15) is 23.3 Å². The first-order valence-corrected chi connectivity index (χ1v) is 7.14. The van der Waals surface area contributed by atoms with E-state index in [-0.39, 0.29) is 23.2 Å². The number of ether oxygens (including phenoxy) is 1. The Hall–Kier alpha value is -1.60. The zero-order valence-electron chi connectivity index (χ0n) is 11.7. The summed E-state index contributed by atoms with van der Waals surface area (Å²) in [6, 6.07) is 0. The van der Waals surface area contributed by atoms with E-state index in [2.05, 4.69) is 10.4 Å². The van der Waals surface area contributed by atoms with E-state index in [1.807, 2.05) is 0 Å². The summed E-state index contributed by atoms with van der Waals surface area (Å²) < 4.78 is 6.67. The lowest BCUT2D eigenvalue weighted by Gasteiger charge is -2.27. The molecule has 2 N–H and O–H groups in total. The number of aromatic nitrogens is 2. The number of halogens is 1. The largest absolute Gasteiger partial charge is 0.481 e. The van der Waals surface area contributed by atoms with Gasteiger partial charge < -0.3 is 15.2 Å². The Kier molecular flexibility index (Phi) is 5.19. The van der Waals surface area contributed by atoms with Crippen molar-refractivity contribution in [3.8, 4) is 0 Å². The first kappa shape index (κ1) is 15.8. The second-order valence-electron chi connectivity index (χ2n) is 5.10. The fourth-order valence-corrected chi connectivity index (χ4v) is 2.74. The minimum absolute atomic E-state index is 0.00996. The van der Waals surface area contributed by atoms with Crippen LogP contribution in [-0.4, -0.2) is 46.5 Å². The Bertz CT molecular complexity index is 525. The number of carboxylic acids is 1. The van der Waals surface area contributed by atoms with Gasteiger partial charge in [-0.25, -0.2) is 0 Å². The number of nitrogens with one attached hydrogen (secondary N) is 1. The molecule has 21 heavy (non-hydrogen) atoms. The molecular weight excluding hydrogens is 298 g/mol. The van der Waals surface area contributed by atoms with Crippen molar-refractivity contribution in [3.05, 3.63) is 16.9 Å². The number of aryl methyl sites for hydroxylation is 1. The average molecular weight is 316 g/mol. The lowest BCUT2D eigenvalue weighted by atomic mass is 9.86. The number of carboxylic acid groups (broad SMARTS) is 1. The van der Waals surface area contributed by atoms with Crippen LogP contribution >= 0.6 is 11.6 Å². The van der Waals surface area contributed by atoms with E-state index in [0.717, 1.165) is 0 Å². The summed E-state index contributed by atoms with van der Waals surface area (Å²) in [6.45, 7) is 1.19. The molecule has 0 spiro atoms. The molecule has 0 radical (unpaired) electrons. The molecule has 116 valence electrons. The van der Waals surface area contributed by atoms with Gasteiger partial charge in [0.1, 0.15) is 0 Å². The summed E-state index contributed by atoms with van der Waals surface area (Å²) in [5, 5.41) is 16.1. The maximum atomic E-state index is 12.0. The van der Waals surface area contributed by atoms with Crippen molar-refractivity contribution in [2.45, 2.75) is 12.8 Å². The number of hydrogen-bond donors (Lipinski definition) is 2. The molecule has 1 fully saturated rings. The van der Waals surface area contributed by atoms with Gasteiger partial charge in [-0.15, -0.1) is 0 Å². The molecule has 1 aliphatic rings. The Labute approximate surface area is 127 Å². The molecule has 0 aliphatic carbocycles. The van der Waals surface area contributed by atoms with Crippen LogP contribution < -0.4 is 5.32 Å². The van der Waals surface area contributed by atoms with Crippen molar-refractivity contribution < 1.29 is 19.4 Å². The minimum Gasteiger partial charge on any atom is -0.481 e. The summed E-state index contributed by atoms with van der Waals surface area (Å²) >= 11 is 5.89. The Morgan fingerprint density at radius 3 is 2.76 bits per heavy atom. The van der Waals surface area contributed by atoms with Crippen LogP contribution in [0.2, 0.25) is 5.02 Å². The number of nitrogens with zero attached hydrogens (tertiary/aromatic N) is 2. The lowest BCUT2D eigenvalue weighted by molar-refractivity contribution is -0.144. The molecule has 1 saturated heterocycles. The van der Waals surface area contributed by atoms with Crippen molar-refractivity contribution in [2.24, 2.45) is 18.9 Å². The molecule has 1 aromatic rings. The second kappa shape index (κ2) is 6.91. The van der Waals surface area contributed by atoms with Crippen molar-refractivity contribution in [1.82, 2.24) is 15.1 Å². The number of carbonyl (C=O) groups is 2. The monoisotopic (exact) mass is 315 g/mol. The molecule has 2 heterocycles. The summed E-state index contributed by atoms with van der Waals surface area (Å²) in [5.74, 6) is -1.98. The van der Waals surface area contributed by atoms with Gasteiger partial charge in [0.2, 0.25) is 0 Å². The standard InChI is InChI=1S/C13H18ClN3O4/c1-17-7-10(14)11(16-17)12(18)15-6-9(13(19)20)8-2-4-21-5-3-8/h7-9H,2-6H2,1H3,(H,15,18)(H,19,20). The van der Waals surface area contributed by atoms with E-state index in [9.17, 15) is 14.7 Å². The molecule has 1 aromatic heterocycles. The SMILES string of the molecule is Cn1cc(Cl)c(C(=O)NCC(C(=O)O)C2CCOCC2)n1. The smallest absolute Gasteiger partial charge is 0.308 e. The molecule has 0 saturated carbocycles. The summed E-state index contributed by atoms with van der Waals surface area (Å²) in [7, 11) is 1.66. The van der Waals surface area contributed by atoms with Gasteiger partial charge in [-0.1, -0.05) is 11.6 Å². The molecule has 0 aromatic carbocycles. The number of carbonyl (C=O) groups excluding carboxylic acids is 1. The number of rotatable bonds is 5. The molecule has 2 rings (SSSR count). The third-order valence-electron chi connectivity index (χ3n) is 3.63. The first-order valence-electron chi connectivity index (χ1n) is 6.77. The molecule has 0 bridgehead atoms. The topological polar surface area (TPSA) is 93.5 Å². The Morgan fingerprint density at radius 2 is 2.24 bits per heavy atom. The van der Waals surface area contributed by atoms with E-state index in [0.29, 0.717) is 26.1 Å². The number of amides is 1. The van der Waals surface area contributed by atoms with Crippen molar-refractivity contribution >= 4 is 23.5 Å². The number of hydrogen-bond acceptors (Lipinski definition) is 4. The van der Waals surface area contributed by atoms with Crippen LogP contribution in [0.15, 0.2) is 6.20 Å². The zero-order valence-corrected chi connectivity index (χ0v) is 12.5.